The summed E-state index contributed by atoms with van der Waals surface area (Å²) in [5, 5.41) is 22.2. The highest BCUT2D eigenvalue weighted by molar-refractivity contribution is 6.04. The largest absolute Gasteiger partial charge is 0.393 e. The number of hydrogen-bond acceptors (Lipinski definition) is 4. The van der Waals surface area contributed by atoms with Gasteiger partial charge in [-0.2, -0.15) is 5.26 Å². The number of rotatable bonds is 4. The fourth-order valence-electron chi connectivity index (χ4n) is 3.85. The summed E-state index contributed by atoms with van der Waals surface area (Å²) in [7, 11) is 0. The Kier molecular flexibility index (Phi) is 6.01. The molecule has 1 aliphatic rings. The van der Waals surface area contributed by atoms with Crippen molar-refractivity contribution in [2.24, 2.45) is 0 Å². The van der Waals surface area contributed by atoms with Gasteiger partial charge in [0, 0.05) is 24.3 Å². The van der Waals surface area contributed by atoms with E-state index in [9.17, 15) is 15.2 Å². The number of aryl methyl sites for hydroxylation is 1. The van der Waals surface area contributed by atoms with Crippen molar-refractivity contribution in [1.82, 2.24) is 0 Å². The molecule has 156 valence electrons. The molecule has 2 N–H and O–H groups in total. The molecule has 0 unspecified atom stereocenters. The van der Waals surface area contributed by atoms with E-state index in [0.717, 1.165) is 29.9 Å². The topological polar surface area (TPSA) is 76.4 Å². The third-order valence-corrected chi connectivity index (χ3v) is 5.71. The maximum absolute atomic E-state index is 12.7. The smallest absolute Gasteiger partial charge is 0.255 e. The number of nitrogens with zero attached hydrogens (tertiary/aromatic N) is 2. The van der Waals surface area contributed by atoms with Crippen LogP contribution in [-0.2, 0) is 0 Å². The Bertz CT molecular complexity index is 1110. The molecule has 0 atom stereocenters. The van der Waals surface area contributed by atoms with Crippen molar-refractivity contribution in [2.45, 2.75) is 25.9 Å². The van der Waals surface area contributed by atoms with Gasteiger partial charge in [0.15, 0.2) is 0 Å². The molecule has 0 aromatic heterocycles. The molecule has 5 nitrogen and oxygen atoms in total. The van der Waals surface area contributed by atoms with E-state index in [0.29, 0.717) is 29.7 Å². The summed E-state index contributed by atoms with van der Waals surface area (Å²) in [6.45, 7) is 3.49. The molecular weight excluding hydrogens is 386 g/mol. The average Bonchev–Trinajstić information content (AvgIpc) is 2.80. The van der Waals surface area contributed by atoms with Gasteiger partial charge < -0.3 is 15.3 Å². The monoisotopic (exact) mass is 411 g/mol. The Balaban J connectivity index is 1.47. The highest BCUT2D eigenvalue weighted by Gasteiger charge is 2.20. The molecule has 1 heterocycles. The lowest BCUT2D eigenvalue weighted by atomic mass is 10.0. The Hall–Kier alpha value is -3.62. The highest BCUT2D eigenvalue weighted by Crippen LogP contribution is 2.27. The predicted molar refractivity (Wildman–Crippen MR) is 123 cm³/mol. The van der Waals surface area contributed by atoms with Gasteiger partial charge in [-0.3, -0.25) is 4.79 Å². The van der Waals surface area contributed by atoms with Crippen molar-refractivity contribution in [3.63, 3.8) is 0 Å². The van der Waals surface area contributed by atoms with Gasteiger partial charge in [-0.25, -0.2) is 0 Å². The first-order valence-electron chi connectivity index (χ1n) is 10.5. The van der Waals surface area contributed by atoms with E-state index in [1.807, 2.05) is 36.4 Å². The van der Waals surface area contributed by atoms with E-state index in [4.69, 9.17) is 0 Å². The maximum Gasteiger partial charge on any atom is 0.255 e. The Morgan fingerprint density at radius 2 is 1.61 bits per heavy atom. The van der Waals surface area contributed by atoms with E-state index >= 15 is 0 Å². The normalized spacial score (nSPS) is 14.2. The molecule has 0 spiro atoms. The summed E-state index contributed by atoms with van der Waals surface area (Å²) in [5.41, 5.74) is 5.88. The number of anilines is 2. The van der Waals surface area contributed by atoms with Crippen LogP contribution in [0.5, 0.6) is 0 Å². The zero-order valence-electron chi connectivity index (χ0n) is 17.5. The second kappa shape index (κ2) is 9.03. The van der Waals surface area contributed by atoms with Crippen LogP contribution in [0.25, 0.3) is 11.1 Å². The number of benzene rings is 3. The van der Waals surface area contributed by atoms with Crippen molar-refractivity contribution in [1.29, 1.82) is 5.26 Å². The first-order chi connectivity index (χ1) is 15.0. The predicted octanol–water partition coefficient (Wildman–Crippen LogP) is 4.75. The number of carbonyl (C=O) groups excluding carboxylic acids is 1. The van der Waals surface area contributed by atoms with Crippen LogP contribution in [0.2, 0.25) is 0 Å². The number of hydrogen-bond donors (Lipinski definition) is 2. The lowest BCUT2D eigenvalue weighted by molar-refractivity contribution is 0.102. The number of aliphatic hydroxyl groups excluding tert-OH is 1. The van der Waals surface area contributed by atoms with Crippen LogP contribution in [0.3, 0.4) is 0 Å². The molecule has 1 aliphatic heterocycles. The second-order valence-corrected chi connectivity index (χ2v) is 7.96. The lowest BCUT2D eigenvalue weighted by Gasteiger charge is -2.32. The van der Waals surface area contributed by atoms with Gasteiger partial charge in [-0.05, 0) is 61.2 Å². The first-order valence-corrected chi connectivity index (χ1v) is 10.5. The molecule has 3 aromatic rings. The molecule has 31 heavy (non-hydrogen) atoms. The van der Waals surface area contributed by atoms with Crippen molar-refractivity contribution < 1.29 is 9.90 Å². The molecule has 0 saturated carbocycles. The van der Waals surface area contributed by atoms with Crippen LogP contribution in [0.4, 0.5) is 11.4 Å². The molecule has 1 amide bonds. The van der Waals surface area contributed by atoms with Crippen LogP contribution in [0.1, 0.15) is 34.3 Å². The van der Waals surface area contributed by atoms with Crippen LogP contribution in [0.15, 0.2) is 66.7 Å². The molecule has 1 fully saturated rings. The Morgan fingerprint density at radius 3 is 2.23 bits per heavy atom. The maximum atomic E-state index is 12.7. The fourth-order valence-corrected chi connectivity index (χ4v) is 3.85. The van der Waals surface area contributed by atoms with Crippen molar-refractivity contribution in [2.75, 3.05) is 23.3 Å². The number of carbonyl (C=O) groups is 1. The van der Waals surface area contributed by atoms with Crippen LogP contribution < -0.4 is 10.2 Å². The standard InChI is InChI=1S/C26H25N3O2/c1-18-2-4-19(5-3-18)20-6-8-21(9-7-20)26(31)28-23-10-11-25(22(16-23)17-27)29-14-12-24(30)13-15-29/h2-11,16,24,30H,12-15H2,1H3,(H,28,31). The number of amides is 1. The van der Waals surface area contributed by atoms with Crippen LogP contribution in [-0.4, -0.2) is 30.2 Å². The molecule has 1 saturated heterocycles. The molecule has 0 radical (unpaired) electrons. The number of nitrogens with one attached hydrogen (secondary N) is 1. The van der Waals surface area contributed by atoms with Gasteiger partial charge in [0.25, 0.3) is 5.91 Å². The van der Waals surface area contributed by atoms with Crippen molar-refractivity contribution >= 4 is 17.3 Å². The quantitative estimate of drug-likeness (QED) is 0.650. The molecular formula is C26H25N3O2. The summed E-state index contributed by atoms with van der Waals surface area (Å²) < 4.78 is 0. The third kappa shape index (κ3) is 4.76. The van der Waals surface area contributed by atoms with Crippen molar-refractivity contribution in [3.05, 3.63) is 83.4 Å². The zero-order valence-corrected chi connectivity index (χ0v) is 17.5. The van der Waals surface area contributed by atoms with E-state index in [1.165, 1.54) is 5.56 Å². The van der Waals surface area contributed by atoms with Gasteiger partial charge in [-0.1, -0.05) is 42.0 Å². The third-order valence-electron chi connectivity index (χ3n) is 5.71. The molecule has 4 rings (SSSR count). The Labute approximate surface area is 182 Å². The van der Waals surface area contributed by atoms with Gasteiger partial charge in [0.2, 0.25) is 0 Å². The summed E-state index contributed by atoms with van der Waals surface area (Å²) in [5.74, 6) is -0.215. The molecule has 0 aliphatic carbocycles. The average molecular weight is 412 g/mol. The Morgan fingerprint density at radius 1 is 1.00 bits per heavy atom. The lowest BCUT2D eigenvalue weighted by Crippen LogP contribution is -2.36. The van der Waals surface area contributed by atoms with E-state index in [2.05, 4.69) is 47.5 Å². The van der Waals surface area contributed by atoms with E-state index in [1.54, 1.807) is 6.07 Å². The second-order valence-electron chi connectivity index (χ2n) is 7.96. The number of piperidine rings is 1. The zero-order chi connectivity index (χ0) is 21.8. The van der Waals surface area contributed by atoms with E-state index in [-0.39, 0.29) is 12.0 Å². The fraction of sp³-hybridized carbons (Fsp3) is 0.231. The van der Waals surface area contributed by atoms with Crippen molar-refractivity contribution in [3.8, 4) is 17.2 Å². The SMILES string of the molecule is Cc1ccc(-c2ccc(C(=O)Nc3ccc(N4CCC(O)CC4)c(C#N)c3)cc2)cc1. The van der Waals surface area contributed by atoms with Crippen LogP contribution >= 0.6 is 0 Å². The number of nitriles is 1. The summed E-state index contributed by atoms with van der Waals surface area (Å²) >= 11 is 0. The molecule has 3 aromatic carbocycles. The van der Waals surface area contributed by atoms with Gasteiger partial charge >= 0.3 is 0 Å². The first kappa shape index (κ1) is 20.6. The summed E-state index contributed by atoms with van der Waals surface area (Å²) in [6.07, 6.45) is 1.13. The van der Waals surface area contributed by atoms with Gasteiger partial charge in [0.05, 0.1) is 17.4 Å². The summed E-state index contributed by atoms with van der Waals surface area (Å²) in [6, 6.07) is 23.4. The molecule has 5 heteroatoms. The summed E-state index contributed by atoms with van der Waals surface area (Å²) in [4.78, 5) is 14.8. The highest BCUT2D eigenvalue weighted by atomic mass is 16.3. The minimum absolute atomic E-state index is 0.215. The minimum atomic E-state index is -0.266. The van der Waals surface area contributed by atoms with E-state index < -0.39 is 0 Å². The van der Waals surface area contributed by atoms with Crippen LogP contribution in [0, 0.1) is 18.3 Å². The van der Waals surface area contributed by atoms with Gasteiger partial charge in [-0.15, -0.1) is 0 Å². The number of aliphatic hydroxyl groups is 1. The van der Waals surface area contributed by atoms with Gasteiger partial charge in [0.1, 0.15) is 6.07 Å². The molecule has 0 bridgehead atoms. The minimum Gasteiger partial charge on any atom is -0.393 e.